The topological polar surface area (TPSA) is 104 Å². The minimum Gasteiger partial charge on any atom is -0.490 e. The summed E-state index contributed by atoms with van der Waals surface area (Å²) in [5.41, 5.74) is 6.74. The van der Waals surface area contributed by atoms with Gasteiger partial charge in [-0.05, 0) is 45.4 Å². The molecule has 0 aromatic heterocycles. The predicted octanol–water partition coefficient (Wildman–Crippen LogP) is 3.78. The van der Waals surface area contributed by atoms with Gasteiger partial charge >= 0.3 is 5.97 Å². The van der Waals surface area contributed by atoms with Crippen molar-refractivity contribution in [1.82, 2.24) is 0 Å². The van der Waals surface area contributed by atoms with E-state index in [1.165, 1.54) is 0 Å². The first kappa shape index (κ1) is 21.5. The summed E-state index contributed by atoms with van der Waals surface area (Å²) >= 11 is 6.42. The maximum atomic E-state index is 12.6. The Morgan fingerprint density at radius 2 is 1.93 bits per heavy atom. The zero-order valence-electron chi connectivity index (χ0n) is 16.3. The van der Waals surface area contributed by atoms with Crippen molar-refractivity contribution in [1.29, 1.82) is 5.26 Å². The standard InChI is InChI=1S/C20H23ClN2O5/c1-5-25-15-9-12(8-14(21)18(15)26-6-2)17-13(10-22)19(23)28-11(4)16(17)20(24)27-7-3/h8-9,17H,5-7,23H2,1-4H3. The number of carbonyl (C=O) groups is 1. The molecule has 0 amide bonds. The van der Waals surface area contributed by atoms with Crippen LogP contribution >= 0.6 is 11.6 Å². The zero-order chi connectivity index (χ0) is 20.8. The normalized spacial score (nSPS) is 16.4. The molecule has 1 atom stereocenters. The van der Waals surface area contributed by atoms with Crippen LogP contribution in [0.25, 0.3) is 0 Å². The van der Waals surface area contributed by atoms with Crippen LogP contribution in [0, 0.1) is 11.3 Å². The van der Waals surface area contributed by atoms with E-state index in [4.69, 9.17) is 36.3 Å². The number of rotatable bonds is 7. The van der Waals surface area contributed by atoms with Crippen LogP contribution in [0.15, 0.2) is 34.9 Å². The molecule has 1 aromatic rings. The summed E-state index contributed by atoms with van der Waals surface area (Å²) in [6.07, 6.45) is 0. The molecule has 1 aromatic carbocycles. The molecule has 1 heterocycles. The number of hydrogen-bond acceptors (Lipinski definition) is 7. The molecule has 2 N–H and O–H groups in total. The SMILES string of the molecule is CCOC(=O)C1=C(C)OC(N)=C(C#N)C1c1cc(Cl)c(OCC)c(OCC)c1. The number of nitrogens with two attached hydrogens (primary N) is 1. The highest BCUT2D eigenvalue weighted by Gasteiger charge is 2.37. The molecule has 1 aliphatic heterocycles. The van der Waals surface area contributed by atoms with Gasteiger partial charge in [-0.25, -0.2) is 4.79 Å². The molecule has 0 radical (unpaired) electrons. The van der Waals surface area contributed by atoms with Crippen LogP contribution in [0.5, 0.6) is 11.5 Å². The van der Waals surface area contributed by atoms with Gasteiger partial charge in [0.25, 0.3) is 0 Å². The lowest BCUT2D eigenvalue weighted by Gasteiger charge is -2.27. The summed E-state index contributed by atoms with van der Waals surface area (Å²) in [5.74, 6) is -0.381. The Morgan fingerprint density at radius 3 is 2.50 bits per heavy atom. The van der Waals surface area contributed by atoms with Crippen LogP contribution in [0.4, 0.5) is 0 Å². The first-order valence-electron chi connectivity index (χ1n) is 8.93. The van der Waals surface area contributed by atoms with Gasteiger partial charge in [-0.1, -0.05) is 11.6 Å². The second-order valence-electron chi connectivity index (χ2n) is 5.81. The van der Waals surface area contributed by atoms with E-state index in [0.29, 0.717) is 35.3 Å². The average molecular weight is 407 g/mol. The van der Waals surface area contributed by atoms with Crippen LogP contribution in [-0.4, -0.2) is 25.8 Å². The van der Waals surface area contributed by atoms with E-state index < -0.39 is 11.9 Å². The van der Waals surface area contributed by atoms with Crippen molar-refractivity contribution in [2.24, 2.45) is 5.73 Å². The molecule has 0 fully saturated rings. The van der Waals surface area contributed by atoms with Crippen LogP contribution in [0.1, 0.15) is 39.2 Å². The zero-order valence-corrected chi connectivity index (χ0v) is 17.1. The van der Waals surface area contributed by atoms with Crippen LogP contribution < -0.4 is 15.2 Å². The predicted molar refractivity (Wildman–Crippen MR) is 104 cm³/mol. The quantitative estimate of drug-likeness (QED) is 0.687. The third-order valence-electron chi connectivity index (χ3n) is 4.05. The first-order valence-corrected chi connectivity index (χ1v) is 9.31. The van der Waals surface area contributed by atoms with Crippen LogP contribution in [-0.2, 0) is 14.3 Å². The summed E-state index contributed by atoms with van der Waals surface area (Å²) in [6.45, 7) is 7.93. The number of benzene rings is 1. The monoisotopic (exact) mass is 406 g/mol. The van der Waals surface area contributed by atoms with Gasteiger partial charge in [-0.2, -0.15) is 5.26 Å². The minimum absolute atomic E-state index is 0.0685. The number of ether oxygens (including phenoxy) is 4. The van der Waals surface area contributed by atoms with Gasteiger partial charge in [0.1, 0.15) is 17.4 Å². The Labute approximate surface area is 169 Å². The molecule has 0 saturated heterocycles. The van der Waals surface area contributed by atoms with Gasteiger partial charge in [0.15, 0.2) is 11.5 Å². The van der Waals surface area contributed by atoms with E-state index in [-0.39, 0.29) is 29.4 Å². The third kappa shape index (κ3) is 4.18. The maximum absolute atomic E-state index is 12.6. The van der Waals surface area contributed by atoms with E-state index in [0.717, 1.165) is 0 Å². The Morgan fingerprint density at radius 1 is 1.25 bits per heavy atom. The number of allylic oxidation sites excluding steroid dienone is 2. The molecule has 150 valence electrons. The molecule has 1 aliphatic rings. The highest BCUT2D eigenvalue weighted by Crippen LogP contribution is 2.45. The Hall–Kier alpha value is -2.85. The molecule has 1 unspecified atom stereocenters. The molecule has 8 heteroatoms. The molecular formula is C20H23ClN2O5. The number of hydrogen-bond donors (Lipinski definition) is 1. The summed E-state index contributed by atoms with van der Waals surface area (Å²) in [7, 11) is 0. The van der Waals surface area contributed by atoms with E-state index in [1.54, 1.807) is 26.0 Å². The lowest BCUT2D eigenvalue weighted by Crippen LogP contribution is -2.25. The summed E-state index contributed by atoms with van der Waals surface area (Å²) in [5, 5.41) is 9.96. The third-order valence-corrected chi connectivity index (χ3v) is 4.34. The van der Waals surface area contributed by atoms with Gasteiger partial charge in [0.2, 0.25) is 5.88 Å². The second-order valence-corrected chi connectivity index (χ2v) is 6.22. The molecule has 0 saturated carbocycles. The smallest absolute Gasteiger partial charge is 0.338 e. The average Bonchev–Trinajstić information content (AvgIpc) is 2.64. The largest absolute Gasteiger partial charge is 0.490 e. The molecule has 28 heavy (non-hydrogen) atoms. The van der Waals surface area contributed by atoms with E-state index in [2.05, 4.69) is 0 Å². The van der Waals surface area contributed by atoms with Crippen molar-refractivity contribution in [2.75, 3.05) is 19.8 Å². The number of nitrogens with zero attached hydrogens (tertiary/aromatic N) is 1. The highest BCUT2D eigenvalue weighted by atomic mass is 35.5. The van der Waals surface area contributed by atoms with Crippen molar-refractivity contribution in [3.8, 4) is 17.6 Å². The molecule has 7 nitrogen and oxygen atoms in total. The lowest BCUT2D eigenvalue weighted by molar-refractivity contribution is -0.139. The van der Waals surface area contributed by atoms with E-state index >= 15 is 0 Å². The Bertz CT molecular complexity index is 870. The fourth-order valence-electron chi connectivity index (χ4n) is 2.99. The van der Waals surface area contributed by atoms with E-state index in [1.807, 2.05) is 19.9 Å². The van der Waals surface area contributed by atoms with Gasteiger partial charge in [-0.15, -0.1) is 0 Å². The molecule has 0 spiro atoms. The molecule has 0 aliphatic carbocycles. The van der Waals surface area contributed by atoms with E-state index in [9.17, 15) is 10.1 Å². The number of carbonyl (C=O) groups excluding carboxylic acids is 1. The maximum Gasteiger partial charge on any atom is 0.338 e. The number of nitriles is 1. The summed E-state index contributed by atoms with van der Waals surface area (Å²) in [4.78, 5) is 12.6. The van der Waals surface area contributed by atoms with Crippen molar-refractivity contribution in [3.63, 3.8) is 0 Å². The van der Waals surface area contributed by atoms with Crippen molar-refractivity contribution in [2.45, 2.75) is 33.6 Å². The van der Waals surface area contributed by atoms with Crippen LogP contribution in [0.3, 0.4) is 0 Å². The van der Waals surface area contributed by atoms with Crippen molar-refractivity contribution in [3.05, 3.63) is 45.5 Å². The summed E-state index contributed by atoms with van der Waals surface area (Å²) < 4.78 is 21.8. The van der Waals surface area contributed by atoms with Crippen molar-refractivity contribution >= 4 is 17.6 Å². The highest BCUT2D eigenvalue weighted by molar-refractivity contribution is 6.32. The fourth-order valence-corrected chi connectivity index (χ4v) is 3.26. The fraction of sp³-hybridized carbons (Fsp3) is 0.400. The van der Waals surface area contributed by atoms with Gasteiger partial charge in [0.05, 0.1) is 36.3 Å². The Balaban J connectivity index is 2.70. The van der Waals surface area contributed by atoms with Crippen LogP contribution in [0.2, 0.25) is 5.02 Å². The lowest BCUT2D eigenvalue weighted by atomic mass is 9.83. The summed E-state index contributed by atoms with van der Waals surface area (Å²) in [6, 6.07) is 5.35. The number of halogens is 1. The minimum atomic E-state index is -0.801. The number of esters is 1. The second kappa shape index (κ2) is 9.38. The van der Waals surface area contributed by atoms with Gasteiger partial charge in [0, 0.05) is 0 Å². The molecule has 0 bridgehead atoms. The van der Waals surface area contributed by atoms with Gasteiger partial charge < -0.3 is 24.7 Å². The molecular weight excluding hydrogens is 384 g/mol. The molecule has 2 rings (SSSR count). The van der Waals surface area contributed by atoms with Gasteiger partial charge in [-0.3, -0.25) is 0 Å². The first-order chi connectivity index (χ1) is 13.4. The van der Waals surface area contributed by atoms with Crippen molar-refractivity contribution < 1.29 is 23.7 Å². The Kier molecular flexibility index (Phi) is 7.18.